The molecule has 0 amide bonds. The minimum atomic E-state index is -0.264. The zero-order valence-electron chi connectivity index (χ0n) is 10.0. The van der Waals surface area contributed by atoms with E-state index < -0.39 is 0 Å². The van der Waals surface area contributed by atoms with Gasteiger partial charge >= 0.3 is 0 Å². The standard InChI is InChI=1S/C7H14.C4H11NO2/c1-7-5-3-2-4-6-7;1-5-4(6-2)7-3/h7H,2-6H2,1H3;4-5H,1-3H3. The first-order valence-electron chi connectivity index (χ1n) is 5.47. The van der Waals surface area contributed by atoms with Crippen LogP contribution in [0.5, 0.6) is 0 Å². The van der Waals surface area contributed by atoms with E-state index in [-0.39, 0.29) is 6.41 Å². The van der Waals surface area contributed by atoms with Gasteiger partial charge in [-0.15, -0.1) is 0 Å². The van der Waals surface area contributed by atoms with Crippen molar-refractivity contribution >= 4 is 0 Å². The molecule has 1 saturated carbocycles. The summed E-state index contributed by atoms with van der Waals surface area (Å²) in [4.78, 5) is 0. The zero-order chi connectivity index (χ0) is 10.8. The van der Waals surface area contributed by atoms with Crippen molar-refractivity contribution in [1.29, 1.82) is 0 Å². The van der Waals surface area contributed by atoms with Crippen molar-refractivity contribution in [1.82, 2.24) is 5.32 Å². The second-order valence-corrected chi connectivity index (χ2v) is 3.84. The van der Waals surface area contributed by atoms with Crippen LogP contribution in [0.1, 0.15) is 39.0 Å². The molecule has 0 aromatic heterocycles. The van der Waals surface area contributed by atoms with E-state index in [1.807, 2.05) is 0 Å². The van der Waals surface area contributed by atoms with Gasteiger partial charge in [-0.05, 0) is 13.0 Å². The molecule has 1 aliphatic carbocycles. The maximum absolute atomic E-state index is 4.72. The molecule has 1 fully saturated rings. The van der Waals surface area contributed by atoms with Crippen LogP contribution in [-0.4, -0.2) is 27.7 Å². The number of ether oxygens (including phenoxy) is 2. The molecule has 0 radical (unpaired) electrons. The van der Waals surface area contributed by atoms with Crippen molar-refractivity contribution < 1.29 is 9.47 Å². The van der Waals surface area contributed by atoms with E-state index in [4.69, 9.17) is 9.47 Å². The average Bonchev–Trinajstić information content (AvgIpc) is 2.22. The Morgan fingerprint density at radius 1 is 1.07 bits per heavy atom. The Morgan fingerprint density at radius 2 is 1.57 bits per heavy atom. The van der Waals surface area contributed by atoms with Crippen LogP contribution in [0.2, 0.25) is 0 Å². The van der Waals surface area contributed by atoms with Crippen LogP contribution in [-0.2, 0) is 9.47 Å². The maximum atomic E-state index is 4.72. The van der Waals surface area contributed by atoms with E-state index in [1.54, 1.807) is 21.3 Å². The van der Waals surface area contributed by atoms with Crippen molar-refractivity contribution in [3.63, 3.8) is 0 Å². The lowest BCUT2D eigenvalue weighted by Crippen LogP contribution is -2.28. The Morgan fingerprint density at radius 3 is 1.71 bits per heavy atom. The van der Waals surface area contributed by atoms with E-state index >= 15 is 0 Å². The molecule has 0 heterocycles. The highest BCUT2D eigenvalue weighted by Gasteiger charge is 2.05. The number of rotatable bonds is 3. The van der Waals surface area contributed by atoms with Crippen LogP contribution in [0.15, 0.2) is 0 Å². The molecule has 0 aromatic carbocycles. The molecule has 0 unspecified atom stereocenters. The number of hydrogen-bond donors (Lipinski definition) is 1. The third-order valence-electron chi connectivity index (χ3n) is 2.56. The molecule has 1 aliphatic rings. The lowest BCUT2D eigenvalue weighted by Gasteiger charge is -2.15. The van der Waals surface area contributed by atoms with Crippen LogP contribution in [0.25, 0.3) is 0 Å². The van der Waals surface area contributed by atoms with Crippen LogP contribution in [0.3, 0.4) is 0 Å². The monoisotopic (exact) mass is 203 g/mol. The highest BCUT2D eigenvalue weighted by atomic mass is 16.7. The Bertz CT molecular complexity index is 104. The molecule has 3 nitrogen and oxygen atoms in total. The summed E-state index contributed by atoms with van der Waals surface area (Å²) in [5, 5.41) is 2.76. The molecule has 86 valence electrons. The Labute approximate surface area is 88.2 Å². The lowest BCUT2D eigenvalue weighted by atomic mass is 9.91. The smallest absolute Gasteiger partial charge is 0.215 e. The maximum Gasteiger partial charge on any atom is 0.215 e. The van der Waals surface area contributed by atoms with Crippen molar-refractivity contribution in [2.75, 3.05) is 21.3 Å². The molecule has 0 aromatic rings. The molecule has 14 heavy (non-hydrogen) atoms. The van der Waals surface area contributed by atoms with Gasteiger partial charge in [0.1, 0.15) is 0 Å². The van der Waals surface area contributed by atoms with Gasteiger partial charge in [-0.2, -0.15) is 0 Å². The second kappa shape index (κ2) is 9.44. The number of hydrogen-bond acceptors (Lipinski definition) is 3. The first-order valence-corrected chi connectivity index (χ1v) is 5.47. The molecule has 0 aliphatic heterocycles. The second-order valence-electron chi connectivity index (χ2n) is 3.84. The first-order chi connectivity index (χ1) is 6.74. The van der Waals surface area contributed by atoms with Gasteiger partial charge in [0, 0.05) is 14.2 Å². The largest absolute Gasteiger partial charge is 0.343 e. The first kappa shape index (κ1) is 13.9. The predicted octanol–water partition coefficient (Wildman–Crippen LogP) is 2.37. The van der Waals surface area contributed by atoms with Gasteiger partial charge in [-0.1, -0.05) is 39.0 Å². The van der Waals surface area contributed by atoms with E-state index in [2.05, 4.69) is 12.2 Å². The third kappa shape index (κ3) is 7.30. The van der Waals surface area contributed by atoms with Crippen LogP contribution < -0.4 is 5.32 Å². The molecule has 0 saturated heterocycles. The summed E-state index contributed by atoms with van der Waals surface area (Å²) in [6, 6.07) is 0. The number of methoxy groups -OCH3 is 2. The average molecular weight is 203 g/mol. The molecular weight excluding hydrogens is 178 g/mol. The highest BCUT2D eigenvalue weighted by Crippen LogP contribution is 2.22. The molecule has 0 spiro atoms. The number of nitrogens with one attached hydrogen (secondary N) is 1. The summed E-state index contributed by atoms with van der Waals surface area (Å²) < 4.78 is 9.43. The van der Waals surface area contributed by atoms with Crippen molar-refractivity contribution in [2.45, 2.75) is 45.4 Å². The third-order valence-corrected chi connectivity index (χ3v) is 2.56. The van der Waals surface area contributed by atoms with Gasteiger partial charge in [0.2, 0.25) is 6.41 Å². The topological polar surface area (TPSA) is 30.5 Å². The van der Waals surface area contributed by atoms with Gasteiger partial charge in [0.15, 0.2) is 0 Å². The fourth-order valence-electron chi connectivity index (χ4n) is 1.64. The van der Waals surface area contributed by atoms with Crippen molar-refractivity contribution in [2.24, 2.45) is 5.92 Å². The minimum Gasteiger partial charge on any atom is -0.343 e. The minimum absolute atomic E-state index is 0.264. The van der Waals surface area contributed by atoms with Crippen LogP contribution >= 0.6 is 0 Å². The fraction of sp³-hybridized carbons (Fsp3) is 1.00. The van der Waals surface area contributed by atoms with Crippen molar-refractivity contribution in [3.8, 4) is 0 Å². The zero-order valence-corrected chi connectivity index (χ0v) is 10.0. The van der Waals surface area contributed by atoms with Crippen LogP contribution in [0.4, 0.5) is 0 Å². The molecule has 1 rings (SSSR count). The normalized spacial score (nSPS) is 17.8. The van der Waals surface area contributed by atoms with Gasteiger partial charge in [-0.25, -0.2) is 0 Å². The summed E-state index contributed by atoms with van der Waals surface area (Å²) >= 11 is 0. The van der Waals surface area contributed by atoms with E-state index in [0.717, 1.165) is 5.92 Å². The SMILES string of the molecule is CC1CCCCC1.CNC(OC)OC. The van der Waals surface area contributed by atoms with E-state index in [9.17, 15) is 0 Å². The highest BCUT2D eigenvalue weighted by molar-refractivity contribution is 4.59. The quantitative estimate of drug-likeness (QED) is 0.714. The van der Waals surface area contributed by atoms with Crippen molar-refractivity contribution in [3.05, 3.63) is 0 Å². The van der Waals surface area contributed by atoms with E-state index in [1.165, 1.54) is 32.1 Å². The molecular formula is C11H25NO2. The van der Waals surface area contributed by atoms with Gasteiger partial charge < -0.3 is 9.47 Å². The summed E-state index contributed by atoms with van der Waals surface area (Å²) in [5.74, 6) is 1.04. The lowest BCUT2D eigenvalue weighted by molar-refractivity contribution is -0.118. The summed E-state index contributed by atoms with van der Waals surface area (Å²) in [7, 11) is 4.91. The molecule has 0 atom stereocenters. The fourth-order valence-corrected chi connectivity index (χ4v) is 1.64. The van der Waals surface area contributed by atoms with Gasteiger partial charge in [0.05, 0.1) is 0 Å². The van der Waals surface area contributed by atoms with Gasteiger partial charge in [-0.3, -0.25) is 5.32 Å². The summed E-state index contributed by atoms with van der Waals surface area (Å²) in [6.07, 6.45) is 7.17. The molecule has 3 heteroatoms. The Balaban J connectivity index is 0.000000241. The predicted molar refractivity (Wildman–Crippen MR) is 59.1 cm³/mol. The Kier molecular flexibility index (Phi) is 9.35. The van der Waals surface area contributed by atoms with E-state index in [0.29, 0.717) is 0 Å². The summed E-state index contributed by atoms with van der Waals surface area (Å²) in [6.45, 7) is 2.36. The molecule has 1 N–H and O–H groups in total. The molecule has 0 bridgehead atoms. The summed E-state index contributed by atoms with van der Waals surface area (Å²) in [5.41, 5.74) is 0. The Hall–Kier alpha value is -0.120. The van der Waals surface area contributed by atoms with Gasteiger partial charge in [0.25, 0.3) is 0 Å². The van der Waals surface area contributed by atoms with Crippen LogP contribution in [0, 0.1) is 5.92 Å².